The molecule has 1 heterocycles. The van der Waals surface area contributed by atoms with Crippen LogP contribution in [0.15, 0.2) is 24.3 Å². The smallest absolute Gasteiger partial charge is 0.239 e. The lowest BCUT2D eigenvalue weighted by Gasteiger charge is -2.32. The van der Waals surface area contributed by atoms with E-state index >= 15 is 0 Å². The Kier molecular flexibility index (Phi) is 6.07. The first-order chi connectivity index (χ1) is 10.7. The van der Waals surface area contributed by atoms with Gasteiger partial charge in [-0.15, -0.1) is 0 Å². The average Bonchev–Trinajstić information content (AvgIpc) is 2.54. The molecule has 1 amide bonds. The third-order valence-electron chi connectivity index (χ3n) is 3.71. The molecule has 0 saturated carbocycles. The lowest BCUT2D eigenvalue weighted by Crippen LogP contribution is -2.49. The van der Waals surface area contributed by atoms with Gasteiger partial charge >= 0.3 is 0 Å². The average molecular weight is 306 g/mol. The summed E-state index contributed by atoms with van der Waals surface area (Å²) in [7, 11) is 0. The maximum absolute atomic E-state index is 12.4. The Morgan fingerprint density at radius 2 is 2.05 bits per heavy atom. The summed E-state index contributed by atoms with van der Waals surface area (Å²) in [6, 6.07) is 7.18. The maximum atomic E-state index is 12.4. The monoisotopic (exact) mass is 306 g/mol. The van der Waals surface area contributed by atoms with Crippen LogP contribution in [0.5, 0.6) is 11.5 Å². The van der Waals surface area contributed by atoms with E-state index in [1.165, 1.54) is 0 Å². The number of nitrogens with zero attached hydrogens (tertiary/aromatic N) is 1. The highest BCUT2D eigenvalue weighted by atomic mass is 16.6. The van der Waals surface area contributed by atoms with Gasteiger partial charge < -0.3 is 20.1 Å². The molecular weight excluding hydrogens is 280 g/mol. The van der Waals surface area contributed by atoms with Crippen LogP contribution in [0.3, 0.4) is 0 Å². The molecule has 0 aromatic heterocycles. The van der Waals surface area contributed by atoms with Crippen molar-refractivity contribution >= 4 is 5.91 Å². The second kappa shape index (κ2) is 8.03. The fraction of sp³-hybridized carbons (Fsp3) is 0.588. The first-order valence-electron chi connectivity index (χ1n) is 8.08. The van der Waals surface area contributed by atoms with Crippen LogP contribution >= 0.6 is 0 Å². The number of fused-ring (bicyclic) bond motifs is 1. The van der Waals surface area contributed by atoms with E-state index in [1.807, 2.05) is 36.1 Å². The number of benzene rings is 1. The van der Waals surface area contributed by atoms with Crippen LogP contribution in [0.1, 0.15) is 33.1 Å². The molecule has 0 saturated heterocycles. The highest BCUT2D eigenvalue weighted by Crippen LogP contribution is 2.31. The predicted molar refractivity (Wildman–Crippen MR) is 86.1 cm³/mol. The number of carbonyl (C=O) groups excluding carboxylic acids is 1. The third-order valence-corrected chi connectivity index (χ3v) is 3.71. The van der Waals surface area contributed by atoms with Crippen molar-refractivity contribution in [3.05, 3.63) is 24.3 Å². The number of hydrogen-bond donors (Lipinski definition) is 1. The van der Waals surface area contributed by atoms with Crippen LogP contribution in [0.4, 0.5) is 0 Å². The quantitative estimate of drug-likeness (QED) is 0.838. The molecule has 1 aliphatic rings. The summed E-state index contributed by atoms with van der Waals surface area (Å²) in [5.74, 6) is 1.50. The largest absolute Gasteiger partial charge is 0.486 e. The van der Waals surface area contributed by atoms with Gasteiger partial charge in [-0.25, -0.2) is 0 Å². The highest BCUT2D eigenvalue weighted by Gasteiger charge is 2.27. The Labute approximate surface area is 132 Å². The molecule has 1 aromatic carbocycles. The number of carbonyl (C=O) groups is 1. The molecule has 0 spiro atoms. The van der Waals surface area contributed by atoms with Crippen molar-refractivity contribution in [2.45, 2.75) is 45.3 Å². The van der Waals surface area contributed by atoms with E-state index in [2.05, 4.69) is 6.92 Å². The minimum atomic E-state index is -0.423. The standard InChI is InChI=1S/C17H26N2O3/c1-3-7-14(18)17(20)19(10-4-2)11-13-12-21-15-8-5-6-9-16(15)22-13/h5-6,8-9,13-14H,3-4,7,10-12,18H2,1-2H3. The lowest BCUT2D eigenvalue weighted by atomic mass is 10.1. The Morgan fingerprint density at radius 1 is 1.32 bits per heavy atom. The zero-order valence-electron chi connectivity index (χ0n) is 13.5. The maximum Gasteiger partial charge on any atom is 0.239 e. The van der Waals surface area contributed by atoms with Crippen LogP contribution in [0.25, 0.3) is 0 Å². The van der Waals surface area contributed by atoms with Crippen molar-refractivity contribution in [2.24, 2.45) is 5.73 Å². The fourth-order valence-corrected chi connectivity index (χ4v) is 2.63. The summed E-state index contributed by atoms with van der Waals surface area (Å²) in [5.41, 5.74) is 5.98. The van der Waals surface area contributed by atoms with Gasteiger partial charge in [0.05, 0.1) is 12.6 Å². The van der Waals surface area contributed by atoms with Crippen molar-refractivity contribution in [1.82, 2.24) is 4.90 Å². The zero-order chi connectivity index (χ0) is 15.9. The van der Waals surface area contributed by atoms with E-state index < -0.39 is 6.04 Å². The van der Waals surface area contributed by atoms with Crippen LogP contribution in [0.2, 0.25) is 0 Å². The van der Waals surface area contributed by atoms with Gasteiger partial charge in [-0.1, -0.05) is 32.4 Å². The summed E-state index contributed by atoms with van der Waals surface area (Å²) < 4.78 is 11.6. The topological polar surface area (TPSA) is 64.8 Å². The van der Waals surface area contributed by atoms with E-state index in [0.717, 1.165) is 24.3 Å². The summed E-state index contributed by atoms with van der Waals surface area (Å²) in [6.45, 7) is 5.75. The van der Waals surface area contributed by atoms with Crippen LogP contribution < -0.4 is 15.2 Å². The van der Waals surface area contributed by atoms with Crippen molar-refractivity contribution in [3.63, 3.8) is 0 Å². The molecule has 0 fully saturated rings. The van der Waals surface area contributed by atoms with E-state index in [0.29, 0.717) is 26.1 Å². The molecule has 0 aliphatic carbocycles. The van der Waals surface area contributed by atoms with Crippen molar-refractivity contribution in [1.29, 1.82) is 0 Å². The summed E-state index contributed by atoms with van der Waals surface area (Å²) in [5, 5.41) is 0. The van der Waals surface area contributed by atoms with Crippen LogP contribution in [-0.4, -0.2) is 42.6 Å². The van der Waals surface area contributed by atoms with E-state index in [9.17, 15) is 4.79 Å². The van der Waals surface area contributed by atoms with Gasteiger partial charge in [-0.05, 0) is 25.0 Å². The Balaban J connectivity index is 1.98. The normalized spacial score (nSPS) is 17.9. The second-order valence-corrected chi connectivity index (χ2v) is 5.68. The summed E-state index contributed by atoms with van der Waals surface area (Å²) in [4.78, 5) is 14.3. The molecule has 5 nitrogen and oxygen atoms in total. The molecule has 5 heteroatoms. The summed E-state index contributed by atoms with van der Waals surface area (Å²) >= 11 is 0. The van der Waals surface area contributed by atoms with E-state index in [-0.39, 0.29) is 12.0 Å². The Morgan fingerprint density at radius 3 is 2.73 bits per heavy atom. The van der Waals surface area contributed by atoms with E-state index in [1.54, 1.807) is 0 Å². The Hall–Kier alpha value is -1.75. The van der Waals surface area contributed by atoms with Gasteiger partial charge in [0.15, 0.2) is 17.6 Å². The van der Waals surface area contributed by atoms with Gasteiger partial charge in [0.2, 0.25) is 5.91 Å². The number of hydrogen-bond acceptors (Lipinski definition) is 4. The molecule has 1 aliphatic heterocycles. The highest BCUT2D eigenvalue weighted by molar-refractivity contribution is 5.81. The molecule has 2 rings (SSSR count). The molecule has 122 valence electrons. The van der Waals surface area contributed by atoms with Gasteiger partial charge in [0, 0.05) is 6.54 Å². The van der Waals surface area contributed by atoms with Crippen molar-refractivity contribution < 1.29 is 14.3 Å². The fourth-order valence-electron chi connectivity index (χ4n) is 2.63. The van der Waals surface area contributed by atoms with Gasteiger partial charge in [-0.3, -0.25) is 4.79 Å². The molecule has 22 heavy (non-hydrogen) atoms. The summed E-state index contributed by atoms with van der Waals surface area (Å²) in [6.07, 6.45) is 2.36. The molecule has 0 radical (unpaired) electrons. The third kappa shape index (κ3) is 4.13. The molecule has 0 bridgehead atoms. The van der Waals surface area contributed by atoms with Gasteiger partial charge in [0.1, 0.15) is 6.61 Å². The minimum Gasteiger partial charge on any atom is -0.486 e. The predicted octanol–water partition coefficient (Wildman–Crippen LogP) is 2.19. The molecule has 2 N–H and O–H groups in total. The number of rotatable bonds is 7. The Bertz CT molecular complexity index is 493. The zero-order valence-corrected chi connectivity index (χ0v) is 13.5. The van der Waals surface area contributed by atoms with Crippen LogP contribution in [0, 0.1) is 0 Å². The number of para-hydroxylation sites is 2. The number of amides is 1. The van der Waals surface area contributed by atoms with Crippen molar-refractivity contribution in [2.75, 3.05) is 19.7 Å². The first-order valence-corrected chi connectivity index (χ1v) is 8.08. The van der Waals surface area contributed by atoms with Crippen LogP contribution in [-0.2, 0) is 4.79 Å². The first kappa shape index (κ1) is 16.6. The number of nitrogens with two attached hydrogens (primary N) is 1. The SMILES string of the molecule is CCCC(N)C(=O)N(CCC)CC1COc2ccccc2O1. The van der Waals surface area contributed by atoms with Gasteiger partial charge in [-0.2, -0.15) is 0 Å². The second-order valence-electron chi connectivity index (χ2n) is 5.68. The van der Waals surface area contributed by atoms with Gasteiger partial charge in [0.25, 0.3) is 0 Å². The molecule has 2 unspecified atom stereocenters. The molecule has 2 atom stereocenters. The lowest BCUT2D eigenvalue weighted by molar-refractivity contribution is -0.134. The van der Waals surface area contributed by atoms with E-state index in [4.69, 9.17) is 15.2 Å². The minimum absolute atomic E-state index is 0.00570. The van der Waals surface area contributed by atoms with Crippen molar-refractivity contribution in [3.8, 4) is 11.5 Å². The molecular formula is C17H26N2O3. The molecule has 1 aromatic rings. The number of ether oxygens (including phenoxy) is 2.